The van der Waals surface area contributed by atoms with Crippen molar-refractivity contribution in [2.24, 2.45) is 11.6 Å². The summed E-state index contributed by atoms with van der Waals surface area (Å²) in [4.78, 5) is 8.90. The van der Waals surface area contributed by atoms with Gasteiger partial charge in [-0.1, -0.05) is 6.42 Å². The van der Waals surface area contributed by atoms with Gasteiger partial charge in [-0.15, -0.1) is 0 Å². The Balaban J connectivity index is 1.66. The second-order valence-electron chi connectivity index (χ2n) is 8.14. The zero-order valence-corrected chi connectivity index (χ0v) is 18.9. The number of nitrogens with zero attached hydrogens (tertiary/aromatic N) is 4. The average molecular weight is 448 g/mol. The fourth-order valence-electron chi connectivity index (χ4n) is 3.70. The number of ether oxygens (including phenoxy) is 1. The fraction of sp³-hybridized carbons (Fsp3) is 0.591. The number of nitrogens with one attached hydrogen (secondary N) is 1. The second-order valence-corrected chi connectivity index (χ2v) is 8.14. The van der Waals surface area contributed by atoms with Crippen LogP contribution in [0.5, 0.6) is 5.75 Å². The number of alkyl halides is 1. The SMILES string of the molecule is Cc1nc(/C(N)=C(\CNc2noc(CCCCF)n2)N(C)N)ccc1OC1CCCCC1. The van der Waals surface area contributed by atoms with Gasteiger partial charge in [0.25, 0.3) is 5.95 Å². The molecule has 0 unspecified atom stereocenters. The number of halogens is 1. The van der Waals surface area contributed by atoms with Gasteiger partial charge in [-0.3, -0.25) is 4.39 Å². The Morgan fingerprint density at radius 1 is 1.25 bits per heavy atom. The summed E-state index contributed by atoms with van der Waals surface area (Å²) in [7, 11) is 1.70. The smallest absolute Gasteiger partial charge is 0.263 e. The van der Waals surface area contributed by atoms with Crippen molar-refractivity contribution >= 4 is 11.6 Å². The third-order valence-electron chi connectivity index (χ3n) is 5.55. The summed E-state index contributed by atoms with van der Waals surface area (Å²) in [6.07, 6.45) is 7.82. The number of hydrogen-bond donors (Lipinski definition) is 3. The Labute approximate surface area is 188 Å². The first-order chi connectivity index (χ1) is 15.5. The number of hydrazine groups is 1. The Morgan fingerprint density at radius 3 is 2.72 bits per heavy atom. The molecule has 0 aliphatic heterocycles. The van der Waals surface area contributed by atoms with Crippen LogP contribution >= 0.6 is 0 Å². The van der Waals surface area contributed by atoms with Gasteiger partial charge in [-0.25, -0.2) is 10.8 Å². The molecule has 0 radical (unpaired) electrons. The summed E-state index contributed by atoms with van der Waals surface area (Å²) in [5, 5.41) is 8.40. The molecule has 2 aromatic rings. The van der Waals surface area contributed by atoms with Crippen LogP contribution in [-0.4, -0.2) is 46.5 Å². The molecule has 2 heterocycles. The number of anilines is 1. The topological polar surface area (TPSA) is 128 Å². The quantitative estimate of drug-likeness (QED) is 0.270. The number of unbranched alkanes of at least 4 members (excludes halogenated alkanes) is 1. The van der Waals surface area contributed by atoms with Crippen LogP contribution in [0.2, 0.25) is 0 Å². The first-order valence-corrected chi connectivity index (χ1v) is 11.2. The molecule has 1 aliphatic carbocycles. The number of pyridine rings is 1. The highest BCUT2D eigenvalue weighted by Gasteiger charge is 2.18. The van der Waals surface area contributed by atoms with E-state index in [1.54, 1.807) is 7.05 Å². The molecule has 0 bridgehead atoms. The minimum atomic E-state index is -0.350. The highest BCUT2D eigenvalue weighted by Crippen LogP contribution is 2.26. The maximum absolute atomic E-state index is 12.2. The molecule has 10 heteroatoms. The van der Waals surface area contributed by atoms with Crippen molar-refractivity contribution in [3.05, 3.63) is 35.1 Å². The molecule has 2 aromatic heterocycles. The van der Waals surface area contributed by atoms with Gasteiger partial charge < -0.3 is 25.3 Å². The second kappa shape index (κ2) is 11.7. The normalized spacial score (nSPS) is 15.4. The van der Waals surface area contributed by atoms with Crippen molar-refractivity contribution in [3.63, 3.8) is 0 Å². The zero-order chi connectivity index (χ0) is 22.9. The van der Waals surface area contributed by atoms with Crippen LogP contribution in [0.1, 0.15) is 62.2 Å². The minimum absolute atomic E-state index is 0.259. The Kier molecular flexibility index (Phi) is 8.66. The fourth-order valence-corrected chi connectivity index (χ4v) is 3.70. The molecular formula is C22H34FN7O2. The highest BCUT2D eigenvalue weighted by atomic mass is 19.1. The summed E-state index contributed by atoms with van der Waals surface area (Å²) in [6.45, 7) is 1.85. The number of hydrogen-bond acceptors (Lipinski definition) is 9. The lowest BCUT2D eigenvalue weighted by Gasteiger charge is -2.24. The van der Waals surface area contributed by atoms with E-state index in [0.29, 0.717) is 48.2 Å². The monoisotopic (exact) mass is 447 g/mol. The molecule has 0 spiro atoms. The van der Waals surface area contributed by atoms with Crippen molar-refractivity contribution < 1.29 is 13.7 Å². The number of rotatable bonds is 11. The van der Waals surface area contributed by atoms with Crippen LogP contribution in [0.3, 0.4) is 0 Å². The predicted octanol–water partition coefficient (Wildman–Crippen LogP) is 3.32. The van der Waals surface area contributed by atoms with Crippen molar-refractivity contribution in [2.45, 2.75) is 64.4 Å². The van der Waals surface area contributed by atoms with Gasteiger partial charge in [0.05, 0.1) is 42.1 Å². The van der Waals surface area contributed by atoms with E-state index in [1.165, 1.54) is 24.3 Å². The molecule has 1 saturated carbocycles. The third-order valence-corrected chi connectivity index (χ3v) is 5.55. The number of nitrogens with two attached hydrogens (primary N) is 2. The Hall–Kier alpha value is -2.88. The Morgan fingerprint density at radius 2 is 2.03 bits per heavy atom. The number of aromatic nitrogens is 3. The predicted molar refractivity (Wildman–Crippen MR) is 121 cm³/mol. The van der Waals surface area contributed by atoms with Crippen LogP contribution in [0.4, 0.5) is 10.3 Å². The summed E-state index contributed by atoms with van der Waals surface area (Å²) in [5.74, 6) is 7.60. The molecule has 1 aliphatic rings. The maximum atomic E-state index is 12.2. The van der Waals surface area contributed by atoms with Crippen LogP contribution < -0.4 is 21.6 Å². The molecule has 9 nitrogen and oxygen atoms in total. The van der Waals surface area contributed by atoms with Crippen molar-refractivity contribution in [2.75, 3.05) is 25.6 Å². The van der Waals surface area contributed by atoms with E-state index in [9.17, 15) is 4.39 Å². The lowest BCUT2D eigenvalue weighted by Crippen LogP contribution is -2.32. The van der Waals surface area contributed by atoms with E-state index in [0.717, 1.165) is 24.3 Å². The van der Waals surface area contributed by atoms with E-state index >= 15 is 0 Å². The maximum Gasteiger partial charge on any atom is 0.263 e. The van der Waals surface area contributed by atoms with E-state index in [4.69, 9.17) is 20.8 Å². The lowest BCUT2D eigenvalue weighted by molar-refractivity contribution is 0.153. The molecule has 0 amide bonds. The van der Waals surface area contributed by atoms with Gasteiger partial charge in [0.2, 0.25) is 5.89 Å². The van der Waals surface area contributed by atoms with Crippen LogP contribution in [0.25, 0.3) is 5.70 Å². The lowest BCUT2D eigenvalue weighted by atomic mass is 9.98. The van der Waals surface area contributed by atoms with Gasteiger partial charge in [-0.2, -0.15) is 4.98 Å². The van der Waals surface area contributed by atoms with Crippen LogP contribution in [0.15, 0.2) is 22.4 Å². The van der Waals surface area contributed by atoms with Crippen LogP contribution in [0, 0.1) is 6.92 Å². The summed E-state index contributed by atoms with van der Waals surface area (Å²) in [6, 6.07) is 3.77. The average Bonchev–Trinajstić information content (AvgIpc) is 3.23. The van der Waals surface area contributed by atoms with Crippen LogP contribution in [-0.2, 0) is 6.42 Å². The summed E-state index contributed by atoms with van der Waals surface area (Å²) >= 11 is 0. The van der Waals surface area contributed by atoms with Gasteiger partial charge in [0, 0.05) is 13.5 Å². The molecular weight excluding hydrogens is 413 g/mol. The molecule has 1 fully saturated rings. The molecule has 5 N–H and O–H groups in total. The Bertz CT molecular complexity index is 894. The molecule has 176 valence electrons. The first-order valence-electron chi connectivity index (χ1n) is 11.2. The van der Waals surface area contributed by atoms with Crippen molar-refractivity contribution in [1.29, 1.82) is 0 Å². The van der Waals surface area contributed by atoms with E-state index in [1.807, 2.05) is 19.1 Å². The van der Waals surface area contributed by atoms with Gasteiger partial charge in [-0.05, 0) is 62.7 Å². The van der Waals surface area contributed by atoms with Gasteiger partial charge in [0.15, 0.2) is 0 Å². The largest absolute Gasteiger partial charge is 0.489 e. The molecule has 32 heavy (non-hydrogen) atoms. The number of aryl methyl sites for hydroxylation is 2. The van der Waals surface area contributed by atoms with Crippen molar-refractivity contribution in [1.82, 2.24) is 20.1 Å². The van der Waals surface area contributed by atoms with E-state index in [2.05, 4.69) is 20.4 Å². The number of likely N-dealkylation sites (N-methyl/N-ethyl adjacent to an activating group) is 1. The van der Waals surface area contributed by atoms with Crippen molar-refractivity contribution in [3.8, 4) is 5.75 Å². The van der Waals surface area contributed by atoms with Gasteiger partial charge in [0.1, 0.15) is 5.75 Å². The minimum Gasteiger partial charge on any atom is -0.489 e. The third kappa shape index (κ3) is 6.56. The molecule has 3 rings (SSSR count). The van der Waals surface area contributed by atoms with E-state index in [-0.39, 0.29) is 19.3 Å². The zero-order valence-electron chi connectivity index (χ0n) is 18.9. The molecule has 0 saturated heterocycles. The highest BCUT2D eigenvalue weighted by molar-refractivity contribution is 5.64. The van der Waals surface area contributed by atoms with Gasteiger partial charge >= 0.3 is 0 Å². The van der Waals surface area contributed by atoms with E-state index < -0.39 is 0 Å². The molecule has 0 atom stereocenters. The molecule has 0 aromatic carbocycles. The summed E-state index contributed by atoms with van der Waals surface area (Å²) < 4.78 is 23.6. The summed E-state index contributed by atoms with van der Waals surface area (Å²) in [5.41, 5.74) is 8.89. The standard InChI is InChI=1S/C22H34FN7O2/c1-15-19(31-16-8-4-3-5-9-16)12-11-17(27-15)21(24)18(30(2)25)14-26-22-28-20(32-29-22)10-6-7-13-23/h11-12,16H,3-10,13-14,24-25H2,1-2H3,(H,26,29)/b21-18-. The first kappa shape index (κ1) is 23.8.